The van der Waals surface area contributed by atoms with Gasteiger partial charge in [-0.2, -0.15) is 0 Å². The number of nitrogens with zero attached hydrogens (tertiary/aromatic N) is 1. The number of carbonyl (C=O) groups excluding carboxylic acids is 1. The summed E-state index contributed by atoms with van der Waals surface area (Å²) in [5.41, 5.74) is 0. The summed E-state index contributed by atoms with van der Waals surface area (Å²) in [6.45, 7) is 8.33. The van der Waals surface area contributed by atoms with Crippen molar-refractivity contribution in [1.82, 2.24) is 15.5 Å². The average molecular weight is 273 g/mol. The van der Waals surface area contributed by atoms with Crippen LogP contribution >= 0.6 is 0 Å². The summed E-state index contributed by atoms with van der Waals surface area (Å²) < 4.78 is 10.2. The molecule has 1 aliphatic rings. The molecule has 112 valence electrons. The lowest BCUT2D eigenvalue weighted by atomic mass is 10.2. The van der Waals surface area contributed by atoms with E-state index in [9.17, 15) is 4.79 Å². The molecule has 2 N–H and O–H groups in total. The van der Waals surface area contributed by atoms with Gasteiger partial charge in [0.2, 0.25) is 5.91 Å². The lowest BCUT2D eigenvalue weighted by molar-refractivity contribution is -0.126. The summed E-state index contributed by atoms with van der Waals surface area (Å²) >= 11 is 0. The van der Waals surface area contributed by atoms with E-state index in [1.165, 1.54) is 0 Å². The third-order valence-corrected chi connectivity index (χ3v) is 3.28. The van der Waals surface area contributed by atoms with E-state index in [1.807, 2.05) is 6.92 Å². The summed E-state index contributed by atoms with van der Waals surface area (Å²) in [5.74, 6) is 0.110. The first-order chi connectivity index (χ1) is 9.25. The molecule has 6 heteroatoms. The van der Waals surface area contributed by atoms with Crippen LogP contribution in [-0.4, -0.2) is 76.5 Å². The van der Waals surface area contributed by atoms with Gasteiger partial charge in [-0.3, -0.25) is 9.69 Å². The Morgan fingerprint density at radius 3 is 2.74 bits per heavy atom. The molecule has 0 saturated carbocycles. The number of hydrogen-bond donors (Lipinski definition) is 2. The molecule has 1 unspecified atom stereocenters. The topological polar surface area (TPSA) is 62.8 Å². The summed E-state index contributed by atoms with van der Waals surface area (Å²) in [6.07, 6.45) is 0.837. The first kappa shape index (κ1) is 16.4. The summed E-state index contributed by atoms with van der Waals surface area (Å²) in [7, 11) is 1.65. The molecule has 0 radical (unpaired) electrons. The van der Waals surface area contributed by atoms with Crippen LogP contribution in [0.4, 0.5) is 0 Å². The molecule has 1 saturated heterocycles. The number of piperazine rings is 1. The number of carbonyl (C=O) groups is 1. The number of ether oxygens (including phenoxy) is 2. The number of hydrogen-bond acceptors (Lipinski definition) is 5. The molecular weight excluding hydrogens is 246 g/mol. The molecule has 6 nitrogen and oxygen atoms in total. The van der Waals surface area contributed by atoms with Crippen molar-refractivity contribution >= 4 is 5.91 Å². The normalized spacial score (nSPS) is 18.2. The van der Waals surface area contributed by atoms with Gasteiger partial charge in [0.15, 0.2) is 0 Å². The largest absolute Gasteiger partial charge is 0.382 e. The highest BCUT2D eigenvalue weighted by Gasteiger charge is 2.21. The fraction of sp³-hybridized carbons (Fsp3) is 0.923. The van der Waals surface area contributed by atoms with Gasteiger partial charge >= 0.3 is 0 Å². The third kappa shape index (κ3) is 6.87. The molecule has 1 rings (SSSR count). The molecule has 1 aliphatic heterocycles. The number of nitrogens with one attached hydrogen (secondary N) is 2. The highest BCUT2D eigenvalue weighted by atomic mass is 16.5. The minimum Gasteiger partial charge on any atom is -0.382 e. The fourth-order valence-corrected chi connectivity index (χ4v) is 2.01. The standard InChI is InChI=1S/C13H27N3O3/c1-12(16-7-5-14-6-8-16)13(17)15-4-3-9-19-11-10-18-2/h12,14H,3-11H2,1-2H3,(H,15,17). The van der Waals surface area contributed by atoms with Crippen molar-refractivity contribution in [3.63, 3.8) is 0 Å². The van der Waals surface area contributed by atoms with Crippen LogP contribution in [0.5, 0.6) is 0 Å². The van der Waals surface area contributed by atoms with Gasteiger partial charge in [0.1, 0.15) is 0 Å². The Bertz CT molecular complexity index is 245. The van der Waals surface area contributed by atoms with E-state index in [0.29, 0.717) is 26.4 Å². The molecule has 0 aromatic rings. The van der Waals surface area contributed by atoms with Crippen LogP contribution in [0, 0.1) is 0 Å². The third-order valence-electron chi connectivity index (χ3n) is 3.28. The van der Waals surface area contributed by atoms with E-state index >= 15 is 0 Å². The van der Waals surface area contributed by atoms with Crippen molar-refractivity contribution in [3.8, 4) is 0 Å². The zero-order valence-electron chi connectivity index (χ0n) is 12.1. The van der Waals surface area contributed by atoms with Gasteiger partial charge in [-0.1, -0.05) is 0 Å². The minimum atomic E-state index is -0.0449. The van der Waals surface area contributed by atoms with Crippen molar-refractivity contribution in [2.24, 2.45) is 0 Å². The van der Waals surface area contributed by atoms with E-state index in [0.717, 1.165) is 32.6 Å². The van der Waals surface area contributed by atoms with Crippen LogP contribution in [0.1, 0.15) is 13.3 Å². The Kier molecular flexibility index (Phi) is 8.73. The predicted octanol–water partition coefficient (Wildman–Crippen LogP) is -0.551. The highest BCUT2D eigenvalue weighted by Crippen LogP contribution is 2.00. The van der Waals surface area contributed by atoms with Crippen LogP contribution in [0.25, 0.3) is 0 Å². The maximum atomic E-state index is 11.9. The Balaban J connectivity index is 2.03. The first-order valence-electron chi connectivity index (χ1n) is 7.05. The SMILES string of the molecule is COCCOCCCNC(=O)C(C)N1CCNCC1. The molecule has 1 heterocycles. The van der Waals surface area contributed by atoms with Crippen molar-refractivity contribution in [2.45, 2.75) is 19.4 Å². The monoisotopic (exact) mass is 273 g/mol. The van der Waals surface area contributed by atoms with Crippen LogP contribution in [-0.2, 0) is 14.3 Å². The second-order valence-electron chi connectivity index (χ2n) is 4.71. The lowest BCUT2D eigenvalue weighted by Gasteiger charge is -2.31. The Morgan fingerprint density at radius 1 is 1.32 bits per heavy atom. The van der Waals surface area contributed by atoms with Crippen molar-refractivity contribution in [1.29, 1.82) is 0 Å². The quantitative estimate of drug-likeness (QED) is 0.552. The van der Waals surface area contributed by atoms with Crippen LogP contribution in [0.15, 0.2) is 0 Å². The van der Waals surface area contributed by atoms with Gasteiger partial charge < -0.3 is 20.1 Å². The zero-order chi connectivity index (χ0) is 13.9. The van der Waals surface area contributed by atoms with Gasteiger partial charge in [0, 0.05) is 46.4 Å². The highest BCUT2D eigenvalue weighted by molar-refractivity contribution is 5.81. The second kappa shape index (κ2) is 10.1. The molecule has 1 atom stereocenters. The van der Waals surface area contributed by atoms with Crippen LogP contribution < -0.4 is 10.6 Å². The predicted molar refractivity (Wildman–Crippen MR) is 74.2 cm³/mol. The maximum absolute atomic E-state index is 11.9. The lowest BCUT2D eigenvalue weighted by Crippen LogP contribution is -2.52. The van der Waals surface area contributed by atoms with E-state index in [-0.39, 0.29) is 11.9 Å². The number of amides is 1. The maximum Gasteiger partial charge on any atom is 0.237 e. The molecule has 0 aliphatic carbocycles. The van der Waals surface area contributed by atoms with Crippen LogP contribution in [0.2, 0.25) is 0 Å². The Labute approximate surface area is 115 Å². The summed E-state index contributed by atoms with van der Waals surface area (Å²) in [4.78, 5) is 14.2. The molecule has 1 fully saturated rings. The fourth-order valence-electron chi connectivity index (χ4n) is 2.01. The van der Waals surface area contributed by atoms with Gasteiger partial charge in [0.25, 0.3) is 0 Å². The van der Waals surface area contributed by atoms with E-state index < -0.39 is 0 Å². The van der Waals surface area contributed by atoms with Crippen molar-refractivity contribution < 1.29 is 14.3 Å². The van der Waals surface area contributed by atoms with E-state index in [1.54, 1.807) is 7.11 Å². The van der Waals surface area contributed by atoms with Gasteiger partial charge in [-0.05, 0) is 13.3 Å². The van der Waals surface area contributed by atoms with Gasteiger partial charge in [0.05, 0.1) is 19.3 Å². The van der Waals surface area contributed by atoms with E-state index in [4.69, 9.17) is 9.47 Å². The first-order valence-corrected chi connectivity index (χ1v) is 7.05. The molecule has 0 bridgehead atoms. The van der Waals surface area contributed by atoms with Gasteiger partial charge in [-0.25, -0.2) is 0 Å². The molecule has 1 amide bonds. The minimum absolute atomic E-state index is 0.0449. The Hall–Kier alpha value is -0.690. The summed E-state index contributed by atoms with van der Waals surface area (Å²) in [5, 5.41) is 6.24. The average Bonchev–Trinajstić information content (AvgIpc) is 2.46. The molecule has 0 spiro atoms. The van der Waals surface area contributed by atoms with Gasteiger partial charge in [-0.15, -0.1) is 0 Å². The van der Waals surface area contributed by atoms with Crippen molar-refractivity contribution in [2.75, 3.05) is 59.7 Å². The number of rotatable bonds is 9. The molecule has 0 aromatic heterocycles. The van der Waals surface area contributed by atoms with Crippen molar-refractivity contribution in [3.05, 3.63) is 0 Å². The summed E-state index contributed by atoms with van der Waals surface area (Å²) in [6, 6.07) is -0.0449. The Morgan fingerprint density at radius 2 is 2.05 bits per heavy atom. The van der Waals surface area contributed by atoms with E-state index in [2.05, 4.69) is 15.5 Å². The van der Waals surface area contributed by atoms with Crippen LogP contribution in [0.3, 0.4) is 0 Å². The smallest absolute Gasteiger partial charge is 0.237 e. The molecule has 19 heavy (non-hydrogen) atoms. The zero-order valence-corrected chi connectivity index (χ0v) is 12.1. The second-order valence-corrected chi connectivity index (χ2v) is 4.71. The number of methoxy groups -OCH3 is 1. The molecule has 0 aromatic carbocycles. The molecular formula is C13H27N3O3.